The lowest BCUT2D eigenvalue weighted by Gasteiger charge is -2.28. The Morgan fingerprint density at radius 1 is 1.29 bits per heavy atom. The Hall–Kier alpha value is -2.74. The van der Waals surface area contributed by atoms with Gasteiger partial charge in [-0.05, 0) is 18.9 Å². The molecule has 2 aromatic rings. The first-order chi connectivity index (χ1) is 13.6. The first-order valence-corrected chi connectivity index (χ1v) is 10.3. The second-order valence-electron chi connectivity index (χ2n) is 6.28. The summed E-state index contributed by atoms with van der Waals surface area (Å²) in [6.07, 6.45) is 4.28. The number of carbonyl (C=O) groups is 2. The summed E-state index contributed by atoms with van der Waals surface area (Å²) in [5.74, 6) is 0.0224. The normalized spacial score (nSPS) is 16.5. The van der Waals surface area contributed by atoms with Crippen LogP contribution in [-0.2, 0) is 16.1 Å². The van der Waals surface area contributed by atoms with Crippen LogP contribution < -0.4 is 10.6 Å². The van der Waals surface area contributed by atoms with Gasteiger partial charge in [0.2, 0.25) is 0 Å². The molecule has 2 amide bonds. The van der Waals surface area contributed by atoms with Crippen molar-refractivity contribution in [3.8, 4) is 0 Å². The van der Waals surface area contributed by atoms with Gasteiger partial charge in [0.05, 0.1) is 18.2 Å². The number of imidazole rings is 1. The number of ether oxygens (including phenoxy) is 1. The molecule has 1 aromatic heterocycles. The average molecular weight is 401 g/mol. The van der Waals surface area contributed by atoms with Crippen LogP contribution in [-0.4, -0.2) is 40.0 Å². The van der Waals surface area contributed by atoms with Crippen molar-refractivity contribution in [1.82, 2.24) is 20.2 Å². The first-order valence-electron chi connectivity index (χ1n) is 9.27. The van der Waals surface area contributed by atoms with Gasteiger partial charge in [0, 0.05) is 30.4 Å². The third kappa shape index (κ3) is 4.75. The molecule has 0 fully saturated rings. The molecular weight excluding hydrogens is 376 g/mol. The van der Waals surface area contributed by atoms with Crippen LogP contribution in [0.5, 0.6) is 0 Å². The number of thioether (sulfide) groups is 1. The number of amides is 2. The molecule has 1 aliphatic heterocycles. The molecule has 2 heterocycles. The van der Waals surface area contributed by atoms with Crippen LogP contribution in [0.15, 0.2) is 59.2 Å². The maximum atomic E-state index is 12.5. The smallest absolute Gasteiger partial charge is 0.337 e. The predicted octanol–water partition coefficient (Wildman–Crippen LogP) is 2.93. The van der Waals surface area contributed by atoms with E-state index in [0.717, 1.165) is 5.16 Å². The van der Waals surface area contributed by atoms with E-state index in [1.54, 1.807) is 13.1 Å². The first kappa shape index (κ1) is 20.0. The standard InChI is InChI=1S/C20H24N4O3S/c1-3-15-17(18(25)27-4-2)16(23-19(26)22-15)13-28-20-21-10-11-24(20)12-14-8-6-5-7-9-14/h5-11,15H,3-4,12-13H2,1-2H3,(H2,22,23,26). The number of benzene rings is 1. The molecule has 0 saturated heterocycles. The van der Waals surface area contributed by atoms with Gasteiger partial charge in [-0.15, -0.1) is 0 Å². The van der Waals surface area contributed by atoms with Crippen LogP contribution >= 0.6 is 11.8 Å². The fourth-order valence-electron chi connectivity index (χ4n) is 3.05. The zero-order valence-electron chi connectivity index (χ0n) is 16.0. The highest BCUT2D eigenvalue weighted by molar-refractivity contribution is 7.99. The van der Waals surface area contributed by atoms with E-state index in [2.05, 4.69) is 27.8 Å². The van der Waals surface area contributed by atoms with Crippen molar-refractivity contribution in [3.05, 3.63) is 59.6 Å². The van der Waals surface area contributed by atoms with Gasteiger partial charge < -0.3 is 19.9 Å². The van der Waals surface area contributed by atoms with E-state index in [4.69, 9.17) is 4.74 Å². The van der Waals surface area contributed by atoms with E-state index in [-0.39, 0.29) is 18.7 Å². The number of esters is 1. The van der Waals surface area contributed by atoms with Crippen LogP contribution in [0.3, 0.4) is 0 Å². The van der Waals surface area contributed by atoms with Gasteiger partial charge in [-0.25, -0.2) is 14.6 Å². The van der Waals surface area contributed by atoms with Gasteiger partial charge in [0.15, 0.2) is 5.16 Å². The summed E-state index contributed by atoms with van der Waals surface area (Å²) in [5.41, 5.74) is 2.24. The van der Waals surface area contributed by atoms with E-state index >= 15 is 0 Å². The van der Waals surface area contributed by atoms with Crippen LogP contribution in [0.1, 0.15) is 25.8 Å². The monoisotopic (exact) mass is 400 g/mol. The molecule has 1 unspecified atom stereocenters. The SMILES string of the molecule is CCOC(=O)C1=C(CSc2nccn2Cc2ccccc2)NC(=O)NC1CC. The number of nitrogens with zero attached hydrogens (tertiary/aromatic N) is 2. The highest BCUT2D eigenvalue weighted by Crippen LogP contribution is 2.24. The molecule has 1 aromatic carbocycles. The molecule has 1 atom stereocenters. The van der Waals surface area contributed by atoms with Crippen molar-refractivity contribution in [1.29, 1.82) is 0 Å². The Labute approximate surface area is 168 Å². The summed E-state index contributed by atoms with van der Waals surface area (Å²) in [6, 6.07) is 9.47. The van der Waals surface area contributed by atoms with Gasteiger partial charge in [0.1, 0.15) is 0 Å². The van der Waals surface area contributed by atoms with Crippen molar-refractivity contribution in [2.75, 3.05) is 12.4 Å². The van der Waals surface area contributed by atoms with E-state index in [1.165, 1.54) is 17.3 Å². The lowest BCUT2D eigenvalue weighted by Crippen LogP contribution is -2.50. The number of hydrogen-bond acceptors (Lipinski definition) is 5. The van der Waals surface area contributed by atoms with Crippen LogP contribution in [0.25, 0.3) is 0 Å². The Kier molecular flexibility index (Phi) is 6.76. The summed E-state index contributed by atoms with van der Waals surface area (Å²) in [5, 5.41) is 6.38. The lowest BCUT2D eigenvalue weighted by atomic mass is 10.0. The quantitative estimate of drug-likeness (QED) is 0.526. The maximum Gasteiger partial charge on any atom is 0.337 e. The summed E-state index contributed by atoms with van der Waals surface area (Å²) in [6.45, 7) is 4.68. The second-order valence-corrected chi connectivity index (χ2v) is 7.23. The van der Waals surface area contributed by atoms with Crippen molar-refractivity contribution in [2.45, 2.75) is 38.0 Å². The molecule has 0 aliphatic carbocycles. The summed E-state index contributed by atoms with van der Waals surface area (Å²) < 4.78 is 7.25. The van der Waals surface area contributed by atoms with Crippen molar-refractivity contribution >= 4 is 23.8 Å². The number of rotatable bonds is 8. The fourth-order valence-corrected chi connectivity index (χ4v) is 3.98. The summed E-state index contributed by atoms with van der Waals surface area (Å²) >= 11 is 1.48. The Morgan fingerprint density at radius 2 is 2.07 bits per heavy atom. The van der Waals surface area contributed by atoms with Crippen LogP contribution in [0.4, 0.5) is 4.79 Å². The Bertz CT molecular complexity index is 863. The number of hydrogen-bond donors (Lipinski definition) is 2. The molecule has 1 aliphatic rings. The summed E-state index contributed by atoms with van der Waals surface area (Å²) in [4.78, 5) is 28.9. The minimum Gasteiger partial charge on any atom is -0.463 e. The second kappa shape index (κ2) is 9.45. The number of nitrogens with one attached hydrogen (secondary N) is 2. The number of urea groups is 1. The Balaban J connectivity index is 1.78. The Morgan fingerprint density at radius 3 is 2.79 bits per heavy atom. The molecule has 148 valence electrons. The van der Waals surface area contributed by atoms with Crippen LogP contribution in [0, 0.1) is 0 Å². The van der Waals surface area contributed by atoms with Crippen molar-refractivity contribution in [2.24, 2.45) is 0 Å². The van der Waals surface area contributed by atoms with Gasteiger partial charge in [0.25, 0.3) is 0 Å². The molecule has 8 heteroatoms. The topological polar surface area (TPSA) is 85.2 Å². The number of carbonyl (C=O) groups excluding carboxylic acids is 2. The molecule has 0 radical (unpaired) electrons. The van der Waals surface area contributed by atoms with Gasteiger partial charge in [-0.3, -0.25) is 0 Å². The zero-order valence-corrected chi connectivity index (χ0v) is 16.8. The summed E-state index contributed by atoms with van der Waals surface area (Å²) in [7, 11) is 0. The zero-order chi connectivity index (χ0) is 19.9. The molecular formula is C20H24N4O3S. The largest absolute Gasteiger partial charge is 0.463 e. The third-order valence-electron chi connectivity index (χ3n) is 4.37. The van der Waals surface area contributed by atoms with E-state index in [1.807, 2.05) is 35.9 Å². The van der Waals surface area contributed by atoms with E-state index in [0.29, 0.717) is 30.0 Å². The van der Waals surface area contributed by atoms with Gasteiger partial charge in [-0.1, -0.05) is 49.0 Å². The average Bonchev–Trinajstić information content (AvgIpc) is 3.13. The van der Waals surface area contributed by atoms with Crippen molar-refractivity contribution in [3.63, 3.8) is 0 Å². The molecule has 3 rings (SSSR count). The lowest BCUT2D eigenvalue weighted by molar-refractivity contribution is -0.139. The molecule has 7 nitrogen and oxygen atoms in total. The highest BCUT2D eigenvalue weighted by Gasteiger charge is 2.31. The van der Waals surface area contributed by atoms with Crippen molar-refractivity contribution < 1.29 is 14.3 Å². The number of aromatic nitrogens is 2. The van der Waals surface area contributed by atoms with Gasteiger partial charge >= 0.3 is 12.0 Å². The van der Waals surface area contributed by atoms with E-state index in [9.17, 15) is 9.59 Å². The molecule has 0 spiro atoms. The molecule has 2 N–H and O–H groups in total. The minimum absolute atomic E-state index is 0.286. The predicted molar refractivity (Wildman–Crippen MR) is 108 cm³/mol. The third-order valence-corrected chi connectivity index (χ3v) is 5.40. The minimum atomic E-state index is -0.398. The fraction of sp³-hybridized carbons (Fsp3) is 0.350. The maximum absolute atomic E-state index is 12.5. The van der Waals surface area contributed by atoms with Gasteiger partial charge in [-0.2, -0.15) is 0 Å². The molecule has 0 saturated carbocycles. The molecule has 0 bridgehead atoms. The molecule has 28 heavy (non-hydrogen) atoms. The van der Waals surface area contributed by atoms with E-state index < -0.39 is 5.97 Å². The van der Waals surface area contributed by atoms with Crippen LogP contribution in [0.2, 0.25) is 0 Å². The highest BCUT2D eigenvalue weighted by atomic mass is 32.2.